The highest BCUT2D eigenvalue weighted by Crippen LogP contribution is 2.39. The third-order valence-corrected chi connectivity index (χ3v) is 6.37. The van der Waals surface area contributed by atoms with E-state index < -0.39 is 5.92 Å². The first-order valence-corrected chi connectivity index (χ1v) is 11.9. The summed E-state index contributed by atoms with van der Waals surface area (Å²) in [4.78, 5) is 20.5. The fourth-order valence-electron chi connectivity index (χ4n) is 4.68. The summed E-state index contributed by atoms with van der Waals surface area (Å²) in [6.45, 7) is 2.98. The second kappa shape index (κ2) is 9.69. The number of fused-ring (bicyclic) bond motifs is 1. The van der Waals surface area contributed by atoms with Crippen LogP contribution in [0, 0.1) is 6.92 Å². The number of hydrogen-bond acceptors (Lipinski definition) is 3. The van der Waals surface area contributed by atoms with Gasteiger partial charge in [-0.05, 0) is 72.6 Å². The number of aryl methyl sites for hydroxylation is 1. The molecule has 0 fully saturated rings. The largest absolute Gasteiger partial charge is 0.325 e. The van der Waals surface area contributed by atoms with E-state index in [0.29, 0.717) is 0 Å². The minimum atomic E-state index is -0.472. The number of nitrogens with zero attached hydrogens (tertiary/aromatic N) is 2. The Bertz CT molecular complexity index is 1390. The van der Waals surface area contributed by atoms with E-state index in [1.54, 1.807) is 0 Å². The second-order valence-electron chi connectivity index (χ2n) is 9.31. The number of carbonyl (C=O) groups excluding carboxylic acids is 1. The molecule has 1 unspecified atom stereocenters. The summed E-state index contributed by atoms with van der Waals surface area (Å²) in [5, 5.41) is 3.12. The van der Waals surface area contributed by atoms with Gasteiger partial charge in [0.1, 0.15) is 5.92 Å². The lowest BCUT2D eigenvalue weighted by Gasteiger charge is -2.15. The van der Waals surface area contributed by atoms with Crippen molar-refractivity contribution in [3.8, 4) is 11.1 Å². The van der Waals surface area contributed by atoms with Crippen LogP contribution >= 0.6 is 0 Å². The van der Waals surface area contributed by atoms with Crippen LogP contribution in [-0.4, -0.2) is 30.6 Å². The predicted octanol–water partition coefficient (Wildman–Crippen LogP) is 6.58. The third-order valence-electron chi connectivity index (χ3n) is 6.37. The summed E-state index contributed by atoms with van der Waals surface area (Å²) in [5.74, 6) is -0.520. The normalized spacial score (nSPS) is 15.3. The highest BCUT2D eigenvalue weighted by atomic mass is 16.2. The molecule has 4 aromatic rings. The van der Waals surface area contributed by atoms with Gasteiger partial charge in [0.05, 0.1) is 11.4 Å². The predicted molar refractivity (Wildman–Crippen MR) is 144 cm³/mol. The first-order valence-electron chi connectivity index (χ1n) is 11.9. The summed E-state index contributed by atoms with van der Waals surface area (Å²) in [7, 11) is 4.11. The van der Waals surface area contributed by atoms with Crippen LogP contribution < -0.4 is 5.32 Å². The molecule has 35 heavy (non-hydrogen) atoms. The summed E-state index contributed by atoms with van der Waals surface area (Å²) < 4.78 is 0. The highest BCUT2D eigenvalue weighted by Gasteiger charge is 2.35. The number of benzene rings is 4. The molecule has 1 amide bonds. The Morgan fingerprint density at radius 3 is 2.31 bits per heavy atom. The molecule has 1 N–H and O–H groups in total. The van der Waals surface area contributed by atoms with Crippen LogP contribution in [0.2, 0.25) is 0 Å². The zero-order valence-electron chi connectivity index (χ0n) is 20.3. The molecule has 1 aliphatic rings. The number of carbonyl (C=O) groups is 1. The van der Waals surface area contributed by atoms with Crippen LogP contribution in [0.3, 0.4) is 0 Å². The Labute approximate surface area is 207 Å². The molecule has 174 valence electrons. The first kappa shape index (κ1) is 22.8. The van der Waals surface area contributed by atoms with Gasteiger partial charge < -0.3 is 10.2 Å². The molecular formula is C31H29N3O. The number of amides is 1. The van der Waals surface area contributed by atoms with E-state index in [1.165, 1.54) is 16.7 Å². The van der Waals surface area contributed by atoms with E-state index in [2.05, 4.69) is 73.7 Å². The number of aliphatic imine (C=N–C) groups is 1. The molecule has 5 rings (SSSR count). The Morgan fingerprint density at radius 2 is 1.60 bits per heavy atom. The van der Waals surface area contributed by atoms with Crippen molar-refractivity contribution in [1.82, 2.24) is 4.90 Å². The lowest BCUT2D eigenvalue weighted by Crippen LogP contribution is -2.21. The Morgan fingerprint density at radius 1 is 0.886 bits per heavy atom. The van der Waals surface area contributed by atoms with Crippen molar-refractivity contribution in [3.05, 3.63) is 119 Å². The maximum Gasteiger partial charge on any atom is 0.238 e. The topological polar surface area (TPSA) is 44.7 Å². The SMILES string of the molecule is Cc1ccccc1-c1ccc2c(c1)NC(=O)C2C(=Nc1ccc(CN(C)C)cc1)c1ccccc1. The fraction of sp³-hybridized carbons (Fsp3) is 0.161. The smallest absolute Gasteiger partial charge is 0.238 e. The summed E-state index contributed by atoms with van der Waals surface area (Å²) in [5.41, 5.74) is 9.04. The molecule has 1 atom stereocenters. The van der Waals surface area contributed by atoms with Gasteiger partial charge in [0.2, 0.25) is 5.91 Å². The van der Waals surface area contributed by atoms with Crippen molar-refractivity contribution in [2.24, 2.45) is 4.99 Å². The van der Waals surface area contributed by atoms with E-state index in [-0.39, 0.29) is 5.91 Å². The van der Waals surface area contributed by atoms with Gasteiger partial charge in [-0.3, -0.25) is 9.79 Å². The molecule has 0 aromatic heterocycles. The van der Waals surface area contributed by atoms with E-state index in [4.69, 9.17) is 4.99 Å². The van der Waals surface area contributed by atoms with Crippen molar-refractivity contribution in [2.45, 2.75) is 19.4 Å². The average molecular weight is 460 g/mol. The van der Waals surface area contributed by atoms with Gasteiger partial charge in [0.15, 0.2) is 0 Å². The van der Waals surface area contributed by atoms with Gasteiger partial charge >= 0.3 is 0 Å². The monoisotopic (exact) mass is 459 g/mol. The van der Waals surface area contributed by atoms with E-state index in [1.807, 2.05) is 54.6 Å². The minimum absolute atomic E-state index is 0.0474. The fourth-order valence-corrected chi connectivity index (χ4v) is 4.68. The first-order chi connectivity index (χ1) is 17.0. The van der Waals surface area contributed by atoms with Crippen LogP contribution in [0.4, 0.5) is 11.4 Å². The van der Waals surface area contributed by atoms with Crippen LogP contribution in [0.25, 0.3) is 11.1 Å². The molecule has 4 heteroatoms. The number of nitrogens with one attached hydrogen (secondary N) is 1. The summed E-state index contributed by atoms with van der Waals surface area (Å²) >= 11 is 0. The molecule has 0 spiro atoms. The minimum Gasteiger partial charge on any atom is -0.325 e. The molecule has 0 aliphatic carbocycles. The average Bonchev–Trinajstić information content (AvgIpc) is 3.18. The van der Waals surface area contributed by atoms with Crippen molar-refractivity contribution < 1.29 is 4.79 Å². The van der Waals surface area contributed by atoms with Gasteiger partial charge in [-0.2, -0.15) is 0 Å². The van der Waals surface area contributed by atoms with Gasteiger partial charge in [-0.15, -0.1) is 0 Å². The van der Waals surface area contributed by atoms with Gasteiger partial charge in [-0.1, -0.05) is 78.9 Å². The number of rotatable bonds is 6. The molecular weight excluding hydrogens is 430 g/mol. The highest BCUT2D eigenvalue weighted by molar-refractivity contribution is 6.24. The van der Waals surface area contributed by atoms with Gasteiger partial charge in [0.25, 0.3) is 0 Å². The molecule has 1 aliphatic heterocycles. The molecule has 4 aromatic carbocycles. The Kier molecular flexibility index (Phi) is 6.30. The van der Waals surface area contributed by atoms with Crippen LogP contribution in [0.15, 0.2) is 102 Å². The summed E-state index contributed by atoms with van der Waals surface area (Å²) in [6, 6.07) is 32.8. The van der Waals surface area contributed by atoms with Crippen molar-refractivity contribution in [3.63, 3.8) is 0 Å². The summed E-state index contributed by atoms with van der Waals surface area (Å²) in [6.07, 6.45) is 0. The maximum atomic E-state index is 13.3. The Balaban J connectivity index is 1.56. The molecule has 1 heterocycles. The van der Waals surface area contributed by atoms with Crippen molar-refractivity contribution in [1.29, 1.82) is 0 Å². The van der Waals surface area contributed by atoms with Gasteiger partial charge in [-0.25, -0.2) is 0 Å². The lowest BCUT2D eigenvalue weighted by atomic mass is 9.89. The quantitative estimate of drug-likeness (QED) is 0.331. The van der Waals surface area contributed by atoms with E-state index in [9.17, 15) is 4.79 Å². The van der Waals surface area contributed by atoms with E-state index in [0.717, 1.165) is 40.3 Å². The van der Waals surface area contributed by atoms with Crippen molar-refractivity contribution in [2.75, 3.05) is 19.4 Å². The van der Waals surface area contributed by atoms with Gasteiger partial charge in [0, 0.05) is 12.2 Å². The van der Waals surface area contributed by atoms with Crippen molar-refractivity contribution >= 4 is 23.0 Å². The molecule has 4 nitrogen and oxygen atoms in total. The van der Waals surface area contributed by atoms with Crippen LogP contribution in [0.1, 0.15) is 28.2 Å². The van der Waals surface area contributed by atoms with E-state index >= 15 is 0 Å². The second-order valence-corrected chi connectivity index (χ2v) is 9.31. The zero-order valence-corrected chi connectivity index (χ0v) is 20.3. The third kappa shape index (κ3) is 4.79. The Hall–Kier alpha value is -4.02. The number of hydrogen-bond donors (Lipinski definition) is 1. The lowest BCUT2D eigenvalue weighted by molar-refractivity contribution is -0.115. The van der Waals surface area contributed by atoms with Crippen LogP contribution in [-0.2, 0) is 11.3 Å². The zero-order chi connectivity index (χ0) is 24.4. The maximum absolute atomic E-state index is 13.3. The molecule has 0 saturated heterocycles. The standard InChI is InChI=1S/C31H29N3O/c1-21-9-7-8-12-26(21)24-15-18-27-28(19-24)33-31(35)29(27)30(23-10-5-4-6-11-23)32-25-16-13-22(14-17-25)20-34(2)3/h4-19,29H,20H2,1-3H3,(H,33,35). The van der Waals surface area contributed by atoms with Crippen LogP contribution in [0.5, 0.6) is 0 Å². The molecule has 0 saturated carbocycles. The number of anilines is 1. The molecule has 0 radical (unpaired) electrons. The molecule has 0 bridgehead atoms.